The quantitative estimate of drug-likeness (QED) is 0.495. The molecular formula is C11H11N2S+. The van der Waals surface area contributed by atoms with Crippen molar-refractivity contribution in [2.24, 2.45) is 7.05 Å². The molecule has 0 bridgehead atoms. The lowest BCUT2D eigenvalue weighted by Crippen LogP contribution is -2.28. The van der Waals surface area contributed by atoms with Gasteiger partial charge in [0.1, 0.15) is 17.3 Å². The first-order chi connectivity index (χ1) is 6.77. The molecule has 3 heteroatoms. The monoisotopic (exact) mass is 203 g/mol. The van der Waals surface area contributed by atoms with Crippen LogP contribution in [0.4, 0.5) is 0 Å². The van der Waals surface area contributed by atoms with E-state index in [9.17, 15) is 0 Å². The Bertz CT molecular complexity index is 619. The number of fused-ring (bicyclic) bond motifs is 3. The summed E-state index contributed by atoms with van der Waals surface area (Å²) in [5.74, 6) is 0. The van der Waals surface area contributed by atoms with Crippen molar-refractivity contribution in [3.05, 3.63) is 35.6 Å². The highest BCUT2D eigenvalue weighted by molar-refractivity contribution is 7.18. The van der Waals surface area contributed by atoms with Crippen molar-refractivity contribution in [2.45, 2.75) is 6.92 Å². The summed E-state index contributed by atoms with van der Waals surface area (Å²) in [6.45, 7) is 2.16. The SMILES string of the molecule is Cc1sc2cn3ccccc3c2[n+]1C. The third-order valence-electron chi connectivity index (χ3n) is 2.69. The maximum atomic E-state index is 2.26. The standard InChI is InChI=1S/C11H11N2S/c1-8-12(2)11-9-5-3-4-6-13(9)7-10(11)14-8/h3-7H,1-2H3/q+1. The van der Waals surface area contributed by atoms with Gasteiger partial charge < -0.3 is 4.40 Å². The topological polar surface area (TPSA) is 8.29 Å². The molecule has 0 aliphatic heterocycles. The van der Waals surface area contributed by atoms with E-state index >= 15 is 0 Å². The van der Waals surface area contributed by atoms with Crippen molar-refractivity contribution in [1.82, 2.24) is 4.40 Å². The number of aryl methyl sites for hydroxylation is 2. The summed E-state index contributed by atoms with van der Waals surface area (Å²) in [6, 6.07) is 6.31. The van der Waals surface area contributed by atoms with Crippen LogP contribution >= 0.6 is 11.3 Å². The van der Waals surface area contributed by atoms with Crippen LogP contribution in [-0.2, 0) is 7.05 Å². The van der Waals surface area contributed by atoms with Crippen LogP contribution in [0.2, 0.25) is 0 Å². The lowest BCUT2D eigenvalue weighted by molar-refractivity contribution is -0.645. The van der Waals surface area contributed by atoms with E-state index in [1.165, 1.54) is 20.7 Å². The summed E-state index contributed by atoms with van der Waals surface area (Å²) in [5, 5.41) is 1.35. The minimum Gasteiger partial charge on any atom is -0.317 e. The van der Waals surface area contributed by atoms with Crippen molar-refractivity contribution < 1.29 is 4.57 Å². The molecule has 14 heavy (non-hydrogen) atoms. The highest BCUT2D eigenvalue weighted by atomic mass is 32.1. The summed E-state index contributed by atoms with van der Waals surface area (Å²) >= 11 is 1.85. The second-order valence-electron chi connectivity index (χ2n) is 3.52. The molecule has 0 radical (unpaired) electrons. The molecule has 0 N–H and O–H groups in total. The lowest BCUT2D eigenvalue weighted by atomic mass is 10.4. The Hall–Kier alpha value is -1.35. The molecule has 3 heterocycles. The third kappa shape index (κ3) is 0.876. The van der Waals surface area contributed by atoms with Crippen LogP contribution < -0.4 is 4.57 Å². The van der Waals surface area contributed by atoms with Crippen molar-refractivity contribution in [1.29, 1.82) is 0 Å². The van der Waals surface area contributed by atoms with Crippen LogP contribution in [0, 0.1) is 6.92 Å². The number of pyridine rings is 1. The Morgan fingerprint density at radius 3 is 3.07 bits per heavy atom. The van der Waals surface area contributed by atoms with E-state index in [-0.39, 0.29) is 0 Å². The second kappa shape index (κ2) is 2.58. The first-order valence-electron chi connectivity index (χ1n) is 4.62. The molecule has 0 spiro atoms. The Morgan fingerprint density at radius 1 is 1.36 bits per heavy atom. The van der Waals surface area contributed by atoms with Crippen molar-refractivity contribution in [3.63, 3.8) is 0 Å². The average molecular weight is 203 g/mol. The Labute approximate surface area is 86.0 Å². The van der Waals surface area contributed by atoms with E-state index in [0.717, 1.165) is 0 Å². The molecule has 0 saturated carbocycles. The number of hydrogen-bond donors (Lipinski definition) is 0. The first kappa shape index (κ1) is 8.00. The van der Waals surface area contributed by atoms with Gasteiger partial charge in [0.2, 0.25) is 10.5 Å². The number of hydrogen-bond acceptors (Lipinski definition) is 1. The van der Waals surface area contributed by atoms with Gasteiger partial charge in [-0.2, -0.15) is 4.57 Å². The molecule has 70 valence electrons. The minimum absolute atomic E-state index is 1.29. The molecule has 0 aliphatic rings. The molecule has 0 unspecified atom stereocenters. The van der Waals surface area contributed by atoms with Gasteiger partial charge in [0.15, 0.2) is 0 Å². The fourth-order valence-corrected chi connectivity index (χ4v) is 2.93. The van der Waals surface area contributed by atoms with E-state index in [2.05, 4.69) is 53.5 Å². The van der Waals surface area contributed by atoms with Gasteiger partial charge in [-0.05, 0) is 12.1 Å². The van der Waals surface area contributed by atoms with Crippen LogP contribution in [0.25, 0.3) is 15.7 Å². The molecule has 0 amide bonds. The number of aromatic nitrogens is 2. The molecule has 0 aliphatic carbocycles. The molecule has 0 saturated heterocycles. The Balaban J connectivity index is 2.62. The van der Waals surface area contributed by atoms with Gasteiger partial charge in [0.25, 0.3) is 0 Å². The van der Waals surface area contributed by atoms with Gasteiger partial charge in [-0.1, -0.05) is 17.4 Å². The summed E-state index contributed by atoms with van der Waals surface area (Å²) < 4.78 is 5.80. The zero-order chi connectivity index (χ0) is 9.71. The van der Waals surface area contributed by atoms with Crippen molar-refractivity contribution in [3.8, 4) is 0 Å². The highest BCUT2D eigenvalue weighted by Gasteiger charge is 2.17. The smallest absolute Gasteiger partial charge is 0.249 e. The molecule has 3 rings (SSSR count). The van der Waals surface area contributed by atoms with Gasteiger partial charge in [-0.15, -0.1) is 0 Å². The van der Waals surface area contributed by atoms with E-state index < -0.39 is 0 Å². The van der Waals surface area contributed by atoms with E-state index in [1.807, 2.05) is 11.3 Å². The van der Waals surface area contributed by atoms with Gasteiger partial charge in [-0.25, -0.2) is 0 Å². The molecule has 3 aromatic heterocycles. The minimum atomic E-state index is 1.29. The molecule has 3 aromatic rings. The van der Waals surface area contributed by atoms with Gasteiger partial charge >= 0.3 is 0 Å². The number of rotatable bonds is 0. The largest absolute Gasteiger partial charge is 0.317 e. The Kier molecular flexibility index (Phi) is 1.47. The Morgan fingerprint density at radius 2 is 2.21 bits per heavy atom. The first-order valence-corrected chi connectivity index (χ1v) is 5.44. The van der Waals surface area contributed by atoms with Gasteiger partial charge in [0.05, 0.1) is 0 Å². The summed E-state index contributed by atoms with van der Waals surface area (Å²) in [5.41, 5.74) is 2.63. The fraction of sp³-hybridized carbons (Fsp3) is 0.182. The second-order valence-corrected chi connectivity index (χ2v) is 4.75. The predicted molar refractivity (Wildman–Crippen MR) is 58.7 cm³/mol. The van der Waals surface area contributed by atoms with Crippen LogP contribution in [0.5, 0.6) is 0 Å². The normalized spacial score (nSPS) is 11.6. The van der Waals surface area contributed by atoms with Crippen LogP contribution in [0.1, 0.15) is 5.01 Å². The lowest BCUT2D eigenvalue weighted by Gasteiger charge is -1.90. The van der Waals surface area contributed by atoms with Crippen LogP contribution in [0.15, 0.2) is 30.6 Å². The molecule has 2 nitrogen and oxygen atoms in total. The third-order valence-corrected chi connectivity index (χ3v) is 3.78. The molecule has 0 aromatic carbocycles. The summed E-state index contributed by atoms with van der Waals surface area (Å²) in [6.07, 6.45) is 4.29. The predicted octanol–water partition coefficient (Wildman–Crippen LogP) is 2.29. The van der Waals surface area contributed by atoms with Gasteiger partial charge in [0, 0.05) is 19.3 Å². The molecular weight excluding hydrogens is 192 g/mol. The average Bonchev–Trinajstić information content (AvgIpc) is 2.65. The van der Waals surface area contributed by atoms with E-state index in [0.29, 0.717) is 0 Å². The van der Waals surface area contributed by atoms with Crippen LogP contribution in [-0.4, -0.2) is 4.40 Å². The zero-order valence-corrected chi connectivity index (χ0v) is 9.01. The van der Waals surface area contributed by atoms with Crippen LogP contribution in [0.3, 0.4) is 0 Å². The maximum absolute atomic E-state index is 2.26. The summed E-state index contributed by atoms with van der Waals surface area (Å²) in [7, 11) is 2.13. The van der Waals surface area contributed by atoms with Crippen molar-refractivity contribution >= 4 is 27.1 Å². The van der Waals surface area contributed by atoms with E-state index in [4.69, 9.17) is 0 Å². The van der Waals surface area contributed by atoms with Crippen molar-refractivity contribution in [2.75, 3.05) is 0 Å². The zero-order valence-electron chi connectivity index (χ0n) is 8.19. The highest BCUT2D eigenvalue weighted by Crippen LogP contribution is 2.24. The van der Waals surface area contributed by atoms with E-state index in [1.54, 1.807) is 0 Å². The fourth-order valence-electron chi connectivity index (χ4n) is 1.88. The molecule has 0 fully saturated rings. The maximum Gasteiger partial charge on any atom is 0.249 e. The number of nitrogens with zero attached hydrogens (tertiary/aromatic N) is 2. The summed E-state index contributed by atoms with van der Waals surface area (Å²) in [4.78, 5) is 0. The molecule has 0 atom stereocenters. The number of thiazole rings is 1. The van der Waals surface area contributed by atoms with Gasteiger partial charge in [-0.3, -0.25) is 0 Å².